The van der Waals surface area contributed by atoms with Crippen molar-refractivity contribution in [2.45, 2.75) is 53.5 Å². The van der Waals surface area contributed by atoms with Gasteiger partial charge >= 0.3 is 0 Å². The lowest BCUT2D eigenvalue weighted by Gasteiger charge is -2.26. The van der Waals surface area contributed by atoms with Crippen LogP contribution < -0.4 is 0 Å². The van der Waals surface area contributed by atoms with Crippen LogP contribution in [0.5, 0.6) is 0 Å². The van der Waals surface area contributed by atoms with Gasteiger partial charge < -0.3 is 4.90 Å². The molecule has 0 saturated carbocycles. The van der Waals surface area contributed by atoms with E-state index in [9.17, 15) is 0 Å². The molecule has 0 amide bonds. The normalized spacial score (nSPS) is 23.6. The van der Waals surface area contributed by atoms with E-state index in [0.717, 1.165) is 0 Å². The molecule has 92 valence electrons. The van der Waals surface area contributed by atoms with Crippen LogP contribution >= 0.6 is 0 Å². The molecule has 1 aliphatic carbocycles. The first kappa shape index (κ1) is 13.5. The van der Waals surface area contributed by atoms with Crippen molar-refractivity contribution < 1.29 is 0 Å². The highest BCUT2D eigenvalue weighted by molar-refractivity contribution is 5.49. The van der Waals surface area contributed by atoms with Crippen molar-refractivity contribution >= 4 is 0 Å². The van der Waals surface area contributed by atoms with Crippen LogP contribution in [0.3, 0.4) is 0 Å². The summed E-state index contributed by atoms with van der Waals surface area (Å²) in [7, 11) is 4.35. The van der Waals surface area contributed by atoms with E-state index in [0.29, 0.717) is 12.0 Å². The highest BCUT2D eigenvalue weighted by Crippen LogP contribution is 2.42. The second kappa shape index (κ2) is 5.18. The molecule has 0 spiro atoms. The van der Waals surface area contributed by atoms with Gasteiger partial charge in [0.1, 0.15) is 0 Å². The minimum atomic E-state index is 0.556. The maximum Gasteiger partial charge on any atom is 0.0284 e. The fourth-order valence-corrected chi connectivity index (χ4v) is 3.15. The lowest BCUT2D eigenvalue weighted by molar-refractivity contribution is 0.336. The summed E-state index contributed by atoms with van der Waals surface area (Å²) in [4.78, 5) is 2.32. The predicted molar refractivity (Wildman–Crippen MR) is 72.6 cm³/mol. The van der Waals surface area contributed by atoms with E-state index in [1.54, 1.807) is 22.3 Å². The van der Waals surface area contributed by atoms with Crippen molar-refractivity contribution in [3.05, 3.63) is 22.3 Å². The molecule has 16 heavy (non-hydrogen) atoms. The number of rotatable bonds is 4. The molecule has 1 rings (SSSR count). The standard InChI is InChI=1S/C15H27N/c1-8-13-10(3)15(12(5)16(6)7)11(4)14(13)9-2/h10,12H,8-9H2,1-7H3. The van der Waals surface area contributed by atoms with E-state index in [4.69, 9.17) is 0 Å². The van der Waals surface area contributed by atoms with Crippen molar-refractivity contribution in [2.24, 2.45) is 5.92 Å². The van der Waals surface area contributed by atoms with Gasteiger partial charge in [-0.2, -0.15) is 0 Å². The maximum absolute atomic E-state index is 2.38. The lowest BCUT2D eigenvalue weighted by atomic mass is 9.90. The fraction of sp³-hybridized carbons (Fsp3) is 0.733. The molecule has 0 aromatic rings. The van der Waals surface area contributed by atoms with Gasteiger partial charge in [0, 0.05) is 12.0 Å². The third-order valence-electron chi connectivity index (χ3n) is 4.22. The van der Waals surface area contributed by atoms with E-state index in [1.807, 2.05) is 0 Å². The summed E-state index contributed by atoms with van der Waals surface area (Å²) in [5.41, 5.74) is 6.49. The van der Waals surface area contributed by atoms with Crippen LogP contribution in [0.1, 0.15) is 47.5 Å². The van der Waals surface area contributed by atoms with E-state index in [2.05, 4.69) is 53.6 Å². The lowest BCUT2D eigenvalue weighted by Crippen LogP contribution is -2.29. The van der Waals surface area contributed by atoms with Crippen LogP contribution in [-0.4, -0.2) is 25.0 Å². The summed E-state index contributed by atoms with van der Waals surface area (Å²) >= 11 is 0. The Morgan fingerprint density at radius 3 is 2.06 bits per heavy atom. The first-order valence-electron chi connectivity index (χ1n) is 6.54. The molecular weight excluding hydrogens is 194 g/mol. The molecule has 2 atom stereocenters. The van der Waals surface area contributed by atoms with Crippen molar-refractivity contribution in [2.75, 3.05) is 14.1 Å². The first-order valence-corrected chi connectivity index (χ1v) is 6.54. The summed E-state index contributed by atoms with van der Waals surface area (Å²) in [6.07, 6.45) is 2.38. The van der Waals surface area contributed by atoms with Gasteiger partial charge in [0.15, 0.2) is 0 Å². The molecule has 0 aliphatic heterocycles. The van der Waals surface area contributed by atoms with Gasteiger partial charge in [0.05, 0.1) is 0 Å². The average molecular weight is 221 g/mol. The van der Waals surface area contributed by atoms with Crippen molar-refractivity contribution in [1.82, 2.24) is 4.90 Å². The molecule has 1 nitrogen and oxygen atoms in total. The Morgan fingerprint density at radius 2 is 1.75 bits per heavy atom. The predicted octanol–water partition coefficient (Wildman–Crippen LogP) is 4.02. The third kappa shape index (κ3) is 2.10. The average Bonchev–Trinajstić information content (AvgIpc) is 2.48. The SMILES string of the molecule is CCC1=C(CC)C(C)C(C(C)N(C)C)=C1C. The number of nitrogens with zero attached hydrogens (tertiary/aromatic N) is 1. The molecule has 1 heteroatoms. The first-order chi connectivity index (χ1) is 7.45. The molecule has 0 aromatic carbocycles. The van der Waals surface area contributed by atoms with E-state index in [1.165, 1.54) is 12.8 Å². The summed E-state index contributed by atoms with van der Waals surface area (Å²) in [5.74, 6) is 0.650. The van der Waals surface area contributed by atoms with Crippen molar-refractivity contribution in [1.29, 1.82) is 0 Å². The van der Waals surface area contributed by atoms with Crippen molar-refractivity contribution in [3.63, 3.8) is 0 Å². The number of allylic oxidation sites excluding steroid dienone is 3. The minimum Gasteiger partial charge on any atom is -0.303 e. The highest BCUT2D eigenvalue weighted by Gasteiger charge is 2.30. The Balaban J connectivity index is 3.12. The van der Waals surface area contributed by atoms with Crippen LogP contribution in [0.2, 0.25) is 0 Å². The second-order valence-corrected chi connectivity index (χ2v) is 5.15. The van der Waals surface area contributed by atoms with Crippen LogP contribution in [-0.2, 0) is 0 Å². The molecule has 0 aromatic heterocycles. The summed E-state index contributed by atoms with van der Waals surface area (Å²) in [6.45, 7) is 11.6. The van der Waals surface area contributed by atoms with E-state index in [-0.39, 0.29) is 0 Å². The molecule has 0 radical (unpaired) electrons. The number of likely N-dealkylation sites (N-methyl/N-ethyl adjacent to an activating group) is 1. The van der Waals surface area contributed by atoms with Gasteiger partial charge in [0.25, 0.3) is 0 Å². The van der Waals surface area contributed by atoms with Gasteiger partial charge in [-0.15, -0.1) is 0 Å². The Morgan fingerprint density at radius 1 is 1.19 bits per heavy atom. The van der Waals surface area contributed by atoms with Crippen LogP contribution in [0, 0.1) is 5.92 Å². The fourth-order valence-electron chi connectivity index (χ4n) is 3.15. The van der Waals surface area contributed by atoms with Crippen LogP contribution in [0.4, 0.5) is 0 Å². The largest absolute Gasteiger partial charge is 0.303 e. The molecular formula is C15H27N. The van der Waals surface area contributed by atoms with Crippen LogP contribution in [0.25, 0.3) is 0 Å². The molecule has 0 bridgehead atoms. The van der Waals surface area contributed by atoms with Gasteiger partial charge in [-0.1, -0.05) is 26.3 Å². The number of hydrogen-bond donors (Lipinski definition) is 0. The quantitative estimate of drug-likeness (QED) is 0.693. The zero-order chi connectivity index (χ0) is 12.5. The maximum atomic E-state index is 2.38. The Labute approximate surface area is 101 Å². The zero-order valence-electron chi connectivity index (χ0n) is 12.0. The van der Waals surface area contributed by atoms with E-state index >= 15 is 0 Å². The highest BCUT2D eigenvalue weighted by atomic mass is 15.1. The zero-order valence-corrected chi connectivity index (χ0v) is 12.0. The smallest absolute Gasteiger partial charge is 0.0284 e. The number of hydrogen-bond acceptors (Lipinski definition) is 1. The molecule has 1 aliphatic rings. The molecule has 0 fully saturated rings. The monoisotopic (exact) mass is 221 g/mol. The summed E-state index contributed by atoms with van der Waals surface area (Å²) in [6, 6.07) is 0.556. The summed E-state index contributed by atoms with van der Waals surface area (Å²) in [5, 5.41) is 0. The molecule has 0 saturated heterocycles. The second-order valence-electron chi connectivity index (χ2n) is 5.15. The van der Waals surface area contributed by atoms with Gasteiger partial charge in [0.2, 0.25) is 0 Å². The topological polar surface area (TPSA) is 3.24 Å². The Bertz CT molecular complexity index is 320. The Hall–Kier alpha value is -0.560. The molecule has 0 N–H and O–H groups in total. The van der Waals surface area contributed by atoms with Gasteiger partial charge in [-0.05, 0) is 57.5 Å². The molecule has 2 unspecified atom stereocenters. The van der Waals surface area contributed by atoms with Crippen molar-refractivity contribution in [3.8, 4) is 0 Å². The van der Waals surface area contributed by atoms with E-state index < -0.39 is 0 Å². The Kier molecular flexibility index (Phi) is 4.37. The van der Waals surface area contributed by atoms with Gasteiger partial charge in [-0.25, -0.2) is 0 Å². The van der Waals surface area contributed by atoms with Gasteiger partial charge in [-0.3, -0.25) is 0 Å². The summed E-state index contributed by atoms with van der Waals surface area (Å²) < 4.78 is 0. The molecule has 0 heterocycles. The van der Waals surface area contributed by atoms with Crippen LogP contribution in [0.15, 0.2) is 22.3 Å². The minimum absolute atomic E-state index is 0.556. The third-order valence-corrected chi connectivity index (χ3v) is 4.22.